The summed E-state index contributed by atoms with van der Waals surface area (Å²) < 4.78 is 32.1. The summed E-state index contributed by atoms with van der Waals surface area (Å²) in [4.78, 5) is 4.05. The van der Waals surface area contributed by atoms with Crippen LogP contribution in [0, 0.1) is 6.92 Å². The lowest BCUT2D eigenvalue weighted by Gasteiger charge is -2.10. The van der Waals surface area contributed by atoms with Gasteiger partial charge in [-0.2, -0.15) is 5.10 Å². The van der Waals surface area contributed by atoms with Gasteiger partial charge in [0.25, 0.3) is 0 Å². The predicted octanol–water partition coefficient (Wildman–Crippen LogP) is 0.990. The number of nitrogens with one attached hydrogen (secondary N) is 2. The molecule has 0 fully saturated rings. The van der Waals surface area contributed by atoms with Gasteiger partial charge in [-0.1, -0.05) is 0 Å². The second-order valence-corrected chi connectivity index (χ2v) is 5.88. The molecule has 0 radical (unpaired) electrons. The van der Waals surface area contributed by atoms with Crippen molar-refractivity contribution in [3.8, 4) is 5.75 Å². The summed E-state index contributed by atoms with van der Waals surface area (Å²) in [7, 11) is -3.58. The fourth-order valence-electron chi connectivity index (χ4n) is 1.67. The highest BCUT2D eigenvalue weighted by Crippen LogP contribution is 2.21. The summed E-state index contributed by atoms with van der Waals surface area (Å²) in [5.41, 5.74) is 0.773. The molecule has 1 heterocycles. The molecular formula is C12H16N4O3S. The highest BCUT2D eigenvalue weighted by atomic mass is 32.2. The number of rotatable bonds is 6. The Hall–Kier alpha value is -1.93. The van der Waals surface area contributed by atoms with E-state index in [-0.39, 0.29) is 11.4 Å². The standard InChI is InChI=1S/C12H16N4O3S/c1-3-19-11-5-4-10(6-9(11)2)20(17,18)15-7-12-13-8-14-16-12/h4-6,8,15H,3,7H2,1-2H3,(H,13,14,16). The van der Waals surface area contributed by atoms with Crippen LogP contribution in [-0.4, -0.2) is 30.2 Å². The first-order valence-corrected chi connectivity index (χ1v) is 7.58. The lowest BCUT2D eigenvalue weighted by atomic mass is 10.2. The zero-order valence-corrected chi connectivity index (χ0v) is 12.1. The molecule has 1 aromatic heterocycles. The summed E-state index contributed by atoms with van der Waals surface area (Å²) in [6.07, 6.45) is 1.32. The van der Waals surface area contributed by atoms with Crippen molar-refractivity contribution < 1.29 is 13.2 Å². The number of H-pyrrole nitrogens is 1. The SMILES string of the molecule is CCOc1ccc(S(=O)(=O)NCc2ncn[nH]2)cc1C. The third kappa shape index (κ3) is 3.34. The minimum Gasteiger partial charge on any atom is -0.494 e. The summed E-state index contributed by atoms with van der Waals surface area (Å²) in [6.45, 7) is 4.29. The van der Waals surface area contributed by atoms with Crippen LogP contribution in [0.25, 0.3) is 0 Å². The Balaban J connectivity index is 2.14. The van der Waals surface area contributed by atoms with E-state index < -0.39 is 10.0 Å². The number of ether oxygens (including phenoxy) is 1. The van der Waals surface area contributed by atoms with Crippen LogP contribution >= 0.6 is 0 Å². The van der Waals surface area contributed by atoms with E-state index in [2.05, 4.69) is 19.9 Å². The number of nitrogens with zero attached hydrogens (tertiary/aromatic N) is 2. The number of benzene rings is 1. The Morgan fingerprint density at radius 1 is 1.40 bits per heavy atom. The van der Waals surface area contributed by atoms with E-state index in [1.165, 1.54) is 12.4 Å². The van der Waals surface area contributed by atoms with Gasteiger partial charge in [0.05, 0.1) is 18.0 Å². The van der Waals surface area contributed by atoms with Crippen molar-refractivity contribution >= 4 is 10.0 Å². The molecule has 20 heavy (non-hydrogen) atoms. The van der Waals surface area contributed by atoms with Gasteiger partial charge in [-0.25, -0.2) is 18.1 Å². The molecule has 2 aromatic rings. The molecular weight excluding hydrogens is 280 g/mol. The van der Waals surface area contributed by atoms with Crippen LogP contribution in [0.15, 0.2) is 29.4 Å². The Kier molecular flexibility index (Phi) is 4.35. The monoisotopic (exact) mass is 296 g/mol. The molecule has 108 valence electrons. The van der Waals surface area contributed by atoms with E-state index in [9.17, 15) is 8.42 Å². The van der Waals surface area contributed by atoms with Gasteiger partial charge in [0, 0.05) is 0 Å². The van der Waals surface area contributed by atoms with E-state index in [1.54, 1.807) is 19.1 Å². The van der Waals surface area contributed by atoms with E-state index >= 15 is 0 Å². The van der Waals surface area contributed by atoms with Gasteiger partial charge >= 0.3 is 0 Å². The van der Waals surface area contributed by atoms with Crippen LogP contribution in [0.5, 0.6) is 5.75 Å². The summed E-state index contributed by atoms with van der Waals surface area (Å²) in [5, 5.41) is 6.24. The molecule has 1 aromatic carbocycles. The molecule has 0 saturated heterocycles. The van der Waals surface area contributed by atoms with Crippen molar-refractivity contribution in [3.05, 3.63) is 35.9 Å². The fraction of sp³-hybridized carbons (Fsp3) is 0.333. The first-order chi connectivity index (χ1) is 9.53. The highest BCUT2D eigenvalue weighted by Gasteiger charge is 2.15. The molecule has 0 aliphatic rings. The molecule has 0 saturated carbocycles. The zero-order valence-electron chi connectivity index (χ0n) is 11.3. The molecule has 0 bridgehead atoms. The smallest absolute Gasteiger partial charge is 0.240 e. The van der Waals surface area contributed by atoms with Gasteiger partial charge in [0.15, 0.2) is 0 Å². The average molecular weight is 296 g/mol. The normalized spacial score (nSPS) is 11.5. The molecule has 0 aliphatic carbocycles. The number of sulfonamides is 1. The van der Waals surface area contributed by atoms with Crippen LogP contribution < -0.4 is 9.46 Å². The van der Waals surface area contributed by atoms with Gasteiger partial charge in [-0.3, -0.25) is 5.10 Å². The maximum Gasteiger partial charge on any atom is 0.240 e. The molecule has 8 heteroatoms. The van der Waals surface area contributed by atoms with E-state index in [0.29, 0.717) is 18.2 Å². The Bertz CT molecular complexity index is 668. The molecule has 7 nitrogen and oxygen atoms in total. The maximum absolute atomic E-state index is 12.1. The quantitative estimate of drug-likeness (QED) is 0.828. The summed E-state index contributed by atoms with van der Waals surface area (Å²) >= 11 is 0. The second kappa shape index (κ2) is 6.02. The van der Waals surface area contributed by atoms with Crippen LogP contribution in [0.1, 0.15) is 18.3 Å². The maximum atomic E-state index is 12.1. The molecule has 0 aliphatic heterocycles. The van der Waals surface area contributed by atoms with Crippen LogP contribution in [0.3, 0.4) is 0 Å². The van der Waals surface area contributed by atoms with Crippen LogP contribution in [-0.2, 0) is 16.6 Å². The second-order valence-electron chi connectivity index (χ2n) is 4.12. The number of aromatic amines is 1. The Morgan fingerprint density at radius 3 is 2.80 bits per heavy atom. The number of hydrogen-bond donors (Lipinski definition) is 2. The lowest BCUT2D eigenvalue weighted by molar-refractivity contribution is 0.337. The third-order valence-electron chi connectivity index (χ3n) is 2.65. The number of aromatic nitrogens is 3. The van der Waals surface area contributed by atoms with Gasteiger partial charge in [0.1, 0.15) is 17.9 Å². The first kappa shape index (κ1) is 14.5. The molecule has 0 amide bonds. The predicted molar refractivity (Wildman–Crippen MR) is 72.8 cm³/mol. The van der Waals surface area contributed by atoms with Crippen molar-refractivity contribution in [1.82, 2.24) is 19.9 Å². The van der Waals surface area contributed by atoms with Crippen LogP contribution in [0.2, 0.25) is 0 Å². The van der Waals surface area contributed by atoms with Crippen molar-refractivity contribution in [1.29, 1.82) is 0 Å². The van der Waals surface area contributed by atoms with Gasteiger partial charge in [0.2, 0.25) is 10.0 Å². The van der Waals surface area contributed by atoms with Crippen molar-refractivity contribution in [2.24, 2.45) is 0 Å². The summed E-state index contributed by atoms with van der Waals surface area (Å²) in [6, 6.07) is 4.75. The first-order valence-electron chi connectivity index (χ1n) is 6.10. The average Bonchev–Trinajstić information content (AvgIpc) is 2.92. The fourth-order valence-corrected chi connectivity index (χ4v) is 2.74. The summed E-state index contributed by atoms with van der Waals surface area (Å²) in [5.74, 6) is 1.14. The van der Waals surface area contributed by atoms with E-state index in [0.717, 1.165) is 5.56 Å². The molecule has 0 spiro atoms. The van der Waals surface area contributed by atoms with E-state index in [4.69, 9.17) is 4.74 Å². The zero-order chi connectivity index (χ0) is 14.6. The number of hydrogen-bond acceptors (Lipinski definition) is 5. The van der Waals surface area contributed by atoms with Crippen molar-refractivity contribution in [2.45, 2.75) is 25.3 Å². The van der Waals surface area contributed by atoms with Gasteiger partial charge in [-0.05, 0) is 37.6 Å². The Morgan fingerprint density at radius 2 is 2.20 bits per heavy atom. The molecule has 0 atom stereocenters. The largest absolute Gasteiger partial charge is 0.494 e. The van der Waals surface area contributed by atoms with E-state index in [1.807, 2.05) is 6.92 Å². The topological polar surface area (TPSA) is 97.0 Å². The molecule has 2 N–H and O–H groups in total. The molecule has 0 unspecified atom stereocenters. The van der Waals surface area contributed by atoms with Gasteiger partial charge in [-0.15, -0.1) is 0 Å². The molecule has 2 rings (SSSR count). The van der Waals surface area contributed by atoms with Gasteiger partial charge < -0.3 is 4.74 Å². The lowest BCUT2D eigenvalue weighted by Crippen LogP contribution is -2.24. The van der Waals surface area contributed by atoms with Crippen molar-refractivity contribution in [3.63, 3.8) is 0 Å². The minimum absolute atomic E-state index is 0.0641. The minimum atomic E-state index is -3.58. The van der Waals surface area contributed by atoms with Crippen LogP contribution in [0.4, 0.5) is 0 Å². The highest BCUT2D eigenvalue weighted by molar-refractivity contribution is 7.89. The third-order valence-corrected chi connectivity index (χ3v) is 4.05. The number of aryl methyl sites for hydroxylation is 1. The Labute approximate surface area is 117 Å². The van der Waals surface area contributed by atoms with Crippen molar-refractivity contribution in [2.75, 3.05) is 6.61 Å².